The highest BCUT2D eigenvalue weighted by Crippen LogP contribution is 2.31. The monoisotopic (exact) mass is 469 g/mol. The molecule has 0 N–H and O–H groups in total. The van der Waals surface area contributed by atoms with Gasteiger partial charge in [-0.15, -0.1) is 0 Å². The van der Waals surface area contributed by atoms with Crippen LogP contribution in [-0.2, 0) is 16.6 Å². The van der Waals surface area contributed by atoms with Crippen molar-refractivity contribution in [2.45, 2.75) is 78.3 Å². The number of nitrogens with zero attached hydrogens (tertiary/aromatic N) is 3. The molecule has 0 radical (unpaired) electrons. The standard InChI is InChI=1S/C26H35N3O3S/c1-7-9-12-15-29(33(31,32)24-19(4)16-18(3)17-20(24)5)21(6)25-27-23-14-11-10-13-22(23)26(30)28(25)8-2/h10-11,13-14,16-17,21H,7-9,12,15H2,1-6H3. The number of hydrogen-bond acceptors (Lipinski definition) is 4. The lowest BCUT2D eigenvalue weighted by Crippen LogP contribution is -2.38. The highest BCUT2D eigenvalue weighted by atomic mass is 32.2. The van der Waals surface area contributed by atoms with Crippen LogP contribution in [0.2, 0.25) is 0 Å². The summed E-state index contributed by atoms with van der Waals surface area (Å²) in [5.41, 5.74) is 2.95. The van der Waals surface area contributed by atoms with Crippen LogP contribution in [0.1, 0.15) is 68.6 Å². The lowest BCUT2D eigenvalue weighted by molar-refractivity contribution is 0.314. The van der Waals surface area contributed by atoms with E-state index in [0.29, 0.717) is 34.7 Å². The van der Waals surface area contributed by atoms with E-state index >= 15 is 0 Å². The zero-order valence-corrected chi connectivity index (χ0v) is 21.4. The number of sulfonamides is 1. The number of fused-ring (bicyclic) bond motifs is 1. The molecule has 0 bridgehead atoms. The van der Waals surface area contributed by atoms with Crippen molar-refractivity contribution in [2.75, 3.05) is 6.54 Å². The molecule has 0 saturated heterocycles. The Morgan fingerprint density at radius 3 is 2.27 bits per heavy atom. The van der Waals surface area contributed by atoms with Gasteiger partial charge in [-0.25, -0.2) is 13.4 Å². The third kappa shape index (κ3) is 4.89. The molecule has 178 valence electrons. The molecule has 0 aliphatic rings. The zero-order valence-electron chi connectivity index (χ0n) is 20.6. The molecule has 6 nitrogen and oxygen atoms in total. The highest BCUT2D eigenvalue weighted by Gasteiger charge is 2.34. The van der Waals surface area contributed by atoms with Crippen LogP contribution in [0.25, 0.3) is 10.9 Å². The summed E-state index contributed by atoms with van der Waals surface area (Å²) in [5, 5.41) is 0.543. The summed E-state index contributed by atoms with van der Waals surface area (Å²) in [5.74, 6) is 0.476. The van der Waals surface area contributed by atoms with Crippen LogP contribution in [0.15, 0.2) is 46.1 Å². The van der Waals surface area contributed by atoms with Gasteiger partial charge in [0.2, 0.25) is 10.0 Å². The fourth-order valence-electron chi connectivity index (χ4n) is 4.67. The molecule has 1 atom stereocenters. The first kappa shape index (κ1) is 25.1. The minimum atomic E-state index is -3.82. The van der Waals surface area contributed by atoms with Crippen molar-refractivity contribution in [3.05, 3.63) is 69.3 Å². The number of aryl methyl sites for hydroxylation is 3. The second kappa shape index (κ2) is 10.2. The third-order valence-electron chi connectivity index (χ3n) is 6.17. The van der Waals surface area contributed by atoms with Crippen molar-refractivity contribution < 1.29 is 8.42 Å². The molecule has 0 saturated carbocycles. The van der Waals surface area contributed by atoms with Gasteiger partial charge in [-0.2, -0.15) is 4.31 Å². The van der Waals surface area contributed by atoms with Crippen LogP contribution in [0.5, 0.6) is 0 Å². The Labute approximate surface area is 197 Å². The Balaban J connectivity index is 2.20. The number of para-hydroxylation sites is 1. The van der Waals surface area contributed by atoms with Crippen LogP contribution in [0.3, 0.4) is 0 Å². The van der Waals surface area contributed by atoms with Gasteiger partial charge in [0.15, 0.2) is 0 Å². The van der Waals surface area contributed by atoms with E-state index in [0.717, 1.165) is 36.0 Å². The fourth-order valence-corrected chi connectivity index (χ4v) is 6.72. The SMILES string of the molecule is CCCCCN(C(C)c1nc2ccccc2c(=O)n1CC)S(=O)(=O)c1c(C)cc(C)cc1C. The Kier molecular flexibility index (Phi) is 7.75. The first-order valence-electron chi connectivity index (χ1n) is 11.7. The van der Waals surface area contributed by atoms with Crippen molar-refractivity contribution in [1.82, 2.24) is 13.9 Å². The largest absolute Gasteiger partial charge is 0.295 e. The molecule has 1 unspecified atom stereocenters. The van der Waals surface area contributed by atoms with Gasteiger partial charge in [-0.05, 0) is 64.3 Å². The summed E-state index contributed by atoms with van der Waals surface area (Å²) in [7, 11) is -3.82. The zero-order chi connectivity index (χ0) is 24.3. The van der Waals surface area contributed by atoms with E-state index < -0.39 is 16.1 Å². The lowest BCUT2D eigenvalue weighted by atomic mass is 10.1. The lowest BCUT2D eigenvalue weighted by Gasteiger charge is -2.30. The quantitative estimate of drug-likeness (QED) is 0.400. The summed E-state index contributed by atoms with van der Waals surface area (Å²) >= 11 is 0. The number of benzene rings is 2. The van der Waals surface area contributed by atoms with Crippen molar-refractivity contribution in [2.24, 2.45) is 0 Å². The minimum absolute atomic E-state index is 0.140. The molecule has 3 rings (SSSR count). The van der Waals surface area contributed by atoms with Gasteiger partial charge in [0.05, 0.1) is 21.8 Å². The molecule has 0 aliphatic heterocycles. The van der Waals surface area contributed by atoms with Gasteiger partial charge in [0.25, 0.3) is 5.56 Å². The molecule has 0 amide bonds. The second-order valence-corrected chi connectivity index (χ2v) is 10.6. The van der Waals surface area contributed by atoms with Crippen LogP contribution in [0.4, 0.5) is 0 Å². The number of hydrogen-bond donors (Lipinski definition) is 0. The van der Waals surface area contributed by atoms with E-state index in [2.05, 4.69) is 6.92 Å². The highest BCUT2D eigenvalue weighted by molar-refractivity contribution is 7.89. The van der Waals surface area contributed by atoms with Gasteiger partial charge < -0.3 is 0 Å². The maximum atomic E-state index is 14.1. The molecule has 2 aromatic carbocycles. The Hall–Kier alpha value is -2.51. The fraction of sp³-hybridized carbons (Fsp3) is 0.462. The van der Waals surface area contributed by atoms with Gasteiger partial charge in [-0.1, -0.05) is 49.6 Å². The van der Waals surface area contributed by atoms with Crippen molar-refractivity contribution in [1.29, 1.82) is 0 Å². The van der Waals surface area contributed by atoms with E-state index in [4.69, 9.17) is 4.98 Å². The molecule has 0 fully saturated rings. The summed E-state index contributed by atoms with van der Waals surface area (Å²) in [6.07, 6.45) is 2.66. The predicted octanol–water partition coefficient (Wildman–Crippen LogP) is 5.28. The maximum absolute atomic E-state index is 14.1. The van der Waals surface area contributed by atoms with E-state index in [9.17, 15) is 13.2 Å². The number of aromatic nitrogens is 2. The van der Waals surface area contributed by atoms with E-state index in [1.54, 1.807) is 16.7 Å². The first-order chi connectivity index (χ1) is 15.6. The van der Waals surface area contributed by atoms with Gasteiger partial charge >= 0.3 is 0 Å². The molecule has 7 heteroatoms. The minimum Gasteiger partial charge on any atom is -0.295 e. The molecule has 0 spiro atoms. The first-order valence-corrected chi connectivity index (χ1v) is 13.2. The summed E-state index contributed by atoms with van der Waals surface area (Å²) in [6, 6.07) is 10.4. The van der Waals surface area contributed by atoms with Gasteiger partial charge in [-0.3, -0.25) is 9.36 Å². The molecule has 3 aromatic rings. The van der Waals surface area contributed by atoms with Crippen LogP contribution >= 0.6 is 0 Å². The Morgan fingerprint density at radius 2 is 1.67 bits per heavy atom. The van der Waals surface area contributed by atoms with E-state index in [-0.39, 0.29) is 5.56 Å². The van der Waals surface area contributed by atoms with Crippen molar-refractivity contribution in [3.8, 4) is 0 Å². The summed E-state index contributed by atoms with van der Waals surface area (Å²) in [6.45, 7) is 12.3. The average molecular weight is 470 g/mol. The maximum Gasteiger partial charge on any atom is 0.261 e. The molecular weight excluding hydrogens is 434 g/mol. The molecular formula is C26H35N3O3S. The smallest absolute Gasteiger partial charge is 0.261 e. The molecule has 33 heavy (non-hydrogen) atoms. The predicted molar refractivity (Wildman–Crippen MR) is 134 cm³/mol. The molecule has 0 aliphatic carbocycles. The van der Waals surface area contributed by atoms with Crippen molar-refractivity contribution in [3.63, 3.8) is 0 Å². The summed E-state index contributed by atoms with van der Waals surface area (Å²) < 4.78 is 31.2. The Bertz CT molecular complexity index is 1290. The molecule has 1 heterocycles. The normalized spacial score (nSPS) is 13.1. The van der Waals surface area contributed by atoms with E-state index in [1.807, 2.05) is 58.9 Å². The van der Waals surface area contributed by atoms with E-state index in [1.165, 1.54) is 4.31 Å². The van der Waals surface area contributed by atoms with Crippen LogP contribution in [0, 0.1) is 20.8 Å². The Morgan fingerprint density at radius 1 is 1.03 bits per heavy atom. The van der Waals surface area contributed by atoms with Crippen LogP contribution in [-0.4, -0.2) is 28.8 Å². The van der Waals surface area contributed by atoms with Crippen LogP contribution < -0.4 is 5.56 Å². The third-order valence-corrected chi connectivity index (χ3v) is 8.44. The summed E-state index contributed by atoms with van der Waals surface area (Å²) in [4.78, 5) is 18.3. The number of unbranched alkanes of at least 4 members (excludes halogenated alkanes) is 2. The second-order valence-electron chi connectivity index (χ2n) is 8.76. The van der Waals surface area contributed by atoms with Crippen molar-refractivity contribution >= 4 is 20.9 Å². The topological polar surface area (TPSA) is 72.3 Å². The average Bonchev–Trinajstić information content (AvgIpc) is 2.75. The number of rotatable bonds is 9. The van der Waals surface area contributed by atoms with Gasteiger partial charge in [0.1, 0.15) is 5.82 Å². The molecule has 1 aromatic heterocycles. The van der Waals surface area contributed by atoms with Gasteiger partial charge in [0, 0.05) is 13.1 Å².